The first-order chi connectivity index (χ1) is 10.1. The maximum Gasteiger partial charge on any atom is 0.288 e. The molecule has 110 valence electrons. The minimum atomic E-state index is -0.514. The first-order valence-corrected chi connectivity index (χ1v) is 6.77. The molecule has 2 aromatic carbocycles. The largest absolute Gasteiger partial charge is 0.490 e. The zero-order chi connectivity index (χ0) is 15.2. The molecule has 0 radical (unpaired) electrons. The number of para-hydroxylation sites is 2. The van der Waals surface area contributed by atoms with Crippen molar-refractivity contribution in [3.8, 4) is 11.5 Å². The highest BCUT2D eigenvalue weighted by Crippen LogP contribution is 2.29. The summed E-state index contributed by atoms with van der Waals surface area (Å²) in [6.45, 7) is 2.62. The van der Waals surface area contributed by atoms with E-state index >= 15 is 0 Å². The summed E-state index contributed by atoms with van der Waals surface area (Å²) in [5.41, 5.74) is 0.535. The van der Waals surface area contributed by atoms with Crippen molar-refractivity contribution in [3.05, 3.63) is 63.2 Å². The number of nitro groups is 1. The summed E-state index contributed by atoms with van der Waals surface area (Å²) in [4.78, 5) is 10.3. The number of nitrogens with zero attached hydrogens (tertiary/aromatic N) is 1. The van der Waals surface area contributed by atoms with Crippen LogP contribution in [0.5, 0.6) is 11.5 Å². The fourth-order valence-corrected chi connectivity index (χ4v) is 1.98. The van der Waals surface area contributed by atoms with Crippen LogP contribution >= 0.6 is 11.6 Å². The number of halogens is 1. The Morgan fingerprint density at radius 1 is 1.14 bits per heavy atom. The fourth-order valence-electron chi connectivity index (χ4n) is 1.79. The molecule has 6 heteroatoms. The van der Waals surface area contributed by atoms with Gasteiger partial charge in [-0.3, -0.25) is 10.1 Å². The average molecular weight is 308 g/mol. The zero-order valence-corrected chi connectivity index (χ0v) is 12.2. The number of hydrogen-bond donors (Lipinski definition) is 0. The Hall–Kier alpha value is -2.27. The zero-order valence-electron chi connectivity index (χ0n) is 11.4. The highest BCUT2D eigenvalue weighted by molar-refractivity contribution is 6.32. The fraction of sp³-hybridized carbons (Fsp3) is 0.200. The standard InChI is InChI=1S/C15H14ClNO4/c1-2-20-14-5-3-4-6-15(14)21-10-11-7-8-12(16)13(9-11)17(18)19/h3-9H,2,10H2,1H3. The third kappa shape index (κ3) is 3.86. The van der Waals surface area contributed by atoms with E-state index in [-0.39, 0.29) is 17.3 Å². The third-order valence-electron chi connectivity index (χ3n) is 2.75. The van der Waals surface area contributed by atoms with Crippen molar-refractivity contribution in [1.82, 2.24) is 0 Å². The SMILES string of the molecule is CCOc1ccccc1OCc1ccc(Cl)c([N+](=O)[O-])c1. The molecule has 0 aliphatic rings. The Morgan fingerprint density at radius 2 is 1.81 bits per heavy atom. The van der Waals surface area contributed by atoms with E-state index in [2.05, 4.69) is 0 Å². The summed E-state index contributed by atoms with van der Waals surface area (Å²) in [6.07, 6.45) is 0. The third-order valence-corrected chi connectivity index (χ3v) is 3.07. The van der Waals surface area contributed by atoms with E-state index < -0.39 is 4.92 Å². The van der Waals surface area contributed by atoms with Gasteiger partial charge in [0.15, 0.2) is 11.5 Å². The van der Waals surface area contributed by atoms with Crippen LogP contribution in [0.3, 0.4) is 0 Å². The lowest BCUT2D eigenvalue weighted by atomic mass is 10.2. The molecule has 0 aromatic heterocycles. The number of hydrogen-bond acceptors (Lipinski definition) is 4. The molecule has 0 bridgehead atoms. The maximum atomic E-state index is 10.8. The predicted octanol–water partition coefficient (Wildman–Crippen LogP) is 4.23. The number of benzene rings is 2. The molecule has 0 N–H and O–H groups in total. The van der Waals surface area contributed by atoms with Crippen LogP contribution in [0.25, 0.3) is 0 Å². The quantitative estimate of drug-likeness (QED) is 0.592. The van der Waals surface area contributed by atoms with Gasteiger partial charge < -0.3 is 9.47 Å². The lowest BCUT2D eigenvalue weighted by Gasteiger charge is -2.11. The maximum absolute atomic E-state index is 10.8. The van der Waals surface area contributed by atoms with Gasteiger partial charge >= 0.3 is 0 Å². The van der Waals surface area contributed by atoms with E-state index in [1.807, 2.05) is 25.1 Å². The Balaban J connectivity index is 2.13. The molecule has 0 aliphatic heterocycles. The first kappa shape index (κ1) is 15.1. The van der Waals surface area contributed by atoms with Crippen molar-refractivity contribution in [2.24, 2.45) is 0 Å². The van der Waals surface area contributed by atoms with E-state index in [0.29, 0.717) is 23.7 Å². The summed E-state index contributed by atoms with van der Waals surface area (Å²) in [7, 11) is 0. The van der Waals surface area contributed by atoms with E-state index in [0.717, 1.165) is 0 Å². The molecule has 0 unspecified atom stereocenters. The van der Waals surface area contributed by atoms with Gasteiger partial charge in [-0.2, -0.15) is 0 Å². The van der Waals surface area contributed by atoms with Crippen molar-refractivity contribution in [2.75, 3.05) is 6.61 Å². The van der Waals surface area contributed by atoms with Crippen LogP contribution in [0.4, 0.5) is 5.69 Å². The first-order valence-electron chi connectivity index (χ1n) is 6.39. The summed E-state index contributed by atoms with van der Waals surface area (Å²) in [5, 5.41) is 11.0. The molecule has 0 aliphatic carbocycles. The normalized spacial score (nSPS) is 10.2. The molecule has 0 atom stereocenters. The Labute approximate surface area is 127 Å². The molecule has 0 amide bonds. The van der Waals surface area contributed by atoms with Gasteiger partial charge in [0, 0.05) is 6.07 Å². The van der Waals surface area contributed by atoms with Crippen molar-refractivity contribution in [1.29, 1.82) is 0 Å². The van der Waals surface area contributed by atoms with E-state index in [4.69, 9.17) is 21.1 Å². The van der Waals surface area contributed by atoms with Crippen LogP contribution in [-0.2, 0) is 6.61 Å². The van der Waals surface area contributed by atoms with Gasteiger partial charge in [0.25, 0.3) is 5.69 Å². The molecule has 0 saturated heterocycles. The van der Waals surface area contributed by atoms with Gasteiger partial charge in [0.2, 0.25) is 0 Å². The lowest BCUT2D eigenvalue weighted by molar-refractivity contribution is -0.384. The van der Waals surface area contributed by atoms with Crippen molar-refractivity contribution >= 4 is 17.3 Å². The topological polar surface area (TPSA) is 61.6 Å². The number of ether oxygens (including phenoxy) is 2. The van der Waals surface area contributed by atoms with Crippen molar-refractivity contribution in [3.63, 3.8) is 0 Å². The number of nitro benzene ring substituents is 1. The Kier molecular flexibility index (Phi) is 5.00. The molecule has 0 spiro atoms. The van der Waals surface area contributed by atoms with Gasteiger partial charge in [0.1, 0.15) is 11.6 Å². The van der Waals surface area contributed by atoms with E-state index in [9.17, 15) is 10.1 Å². The second kappa shape index (κ2) is 6.95. The minimum Gasteiger partial charge on any atom is -0.490 e. The second-order valence-electron chi connectivity index (χ2n) is 4.21. The highest BCUT2D eigenvalue weighted by Gasteiger charge is 2.13. The lowest BCUT2D eigenvalue weighted by Crippen LogP contribution is -2.00. The molecule has 5 nitrogen and oxygen atoms in total. The van der Waals surface area contributed by atoms with Crippen LogP contribution in [-0.4, -0.2) is 11.5 Å². The van der Waals surface area contributed by atoms with E-state index in [1.54, 1.807) is 12.1 Å². The molecular formula is C15H14ClNO4. The van der Waals surface area contributed by atoms with Crippen LogP contribution in [0.1, 0.15) is 12.5 Å². The molecule has 0 fully saturated rings. The molecule has 0 saturated carbocycles. The molecule has 2 rings (SSSR count). The van der Waals surface area contributed by atoms with Crippen molar-refractivity contribution < 1.29 is 14.4 Å². The molecule has 0 heterocycles. The van der Waals surface area contributed by atoms with Crippen LogP contribution in [0, 0.1) is 10.1 Å². The summed E-state index contributed by atoms with van der Waals surface area (Å²) in [6, 6.07) is 11.9. The summed E-state index contributed by atoms with van der Waals surface area (Å²) < 4.78 is 11.1. The Morgan fingerprint density at radius 3 is 2.43 bits per heavy atom. The van der Waals surface area contributed by atoms with Gasteiger partial charge in [-0.1, -0.05) is 29.8 Å². The van der Waals surface area contributed by atoms with Gasteiger partial charge in [-0.15, -0.1) is 0 Å². The second-order valence-corrected chi connectivity index (χ2v) is 4.62. The van der Waals surface area contributed by atoms with E-state index in [1.165, 1.54) is 12.1 Å². The summed E-state index contributed by atoms with van der Waals surface area (Å²) in [5.74, 6) is 1.24. The molecule has 2 aromatic rings. The van der Waals surface area contributed by atoms with Crippen LogP contribution < -0.4 is 9.47 Å². The van der Waals surface area contributed by atoms with Gasteiger partial charge in [0.05, 0.1) is 11.5 Å². The smallest absolute Gasteiger partial charge is 0.288 e. The number of rotatable bonds is 6. The summed E-state index contributed by atoms with van der Waals surface area (Å²) >= 11 is 5.77. The Bertz CT molecular complexity index is 645. The van der Waals surface area contributed by atoms with Crippen molar-refractivity contribution in [2.45, 2.75) is 13.5 Å². The monoisotopic (exact) mass is 307 g/mol. The van der Waals surface area contributed by atoms with Crippen LogP contribution in [0.2, 0.25) is 5.02 Å². The predicted molar refractivity (Wildman–Crippen MR) is 80.0 cm³/mol. The van der Waals surface area contributed by atoms with Crippen LogP contribution in [0.15, 0.2) is 42.5 Å². The van der Waals surface area contributed by atoms with Gasteiger partial charge in [-0.05, 0) is 30.7 Å². The molecular weight excluding hydrogens is 294 g/mol. The highest BCUT2D eigenvalue weighted by atomic mass is 35.5. The average Bonchev–Trinajstić information content (AvgIpc) is 2.47. The molecule has 21 heavy (non-hydrogen) atoms. The van der Waals surface area contributed by atoms with Gasteiger partial charge in [-0.25, -0.2) is 0 Å². The minimum absolute atomic E-state index is 0.110.